The van der Waals surface area contributed by atoms with E-state index in [2.05, 4.69) is 20.6 Å². The van der Waals surface area contributed by atoms with E-state index in [1.54, 1.807) is 0 Å². The number of ether oxygens (including phenoxy) is 2. The van der Waals surface area contributed by atoms with Crippen molar-refractivity contribution in [1.29, 1.82) is 0 Å². The number of amides is 2. The molecule has 0 fully saturated rings. The SMILES string of the molecule is CCOc1ncc(NC(=O)Nc2ccc3ccccc3c2)c(OCC)n1. The van der Waals surface area contributed by atoms with Crippen molar-refractivity contribution in [3.05, 3.63) is 48.7 Å². The van der Waals surface area contributed by atoms with Gasteiger partial charge in [-0.25, -0.2) is 9.78 Å². The maximum atomic E-state index is 12.3. The fourth-order valence-electron chi connectivity index (χ4n) is 2.43. The number of urea groups is 1. The quantitative estimate of drug-likeness (QED) is 0.698. The summed E-state index contributed by atoms with van der Waals surface area (Å²) in [6.07, 6.45) is 1.46. The van der Waals surface area contributed by atoms with Crippen LogP contribution < -0.4 is 20.1 Å². The van der Waals surface area contributed by atoms with E-state index in [4.69, 9.17) is 9.47 Å². The monoisotopic (exact) mass is 352 g/mol. The van der Waals surface area contributed by atoms with Crippen molar-refractivity contribution in [3.8, 4) is 11.9 Å². The zero-order chi connectivity index (χ0) is 18.4. The number of nitrogens with zero attached hydrogens (tertiary/aromatic N) is 2. The molecule has 0 atom stereocenters. The van der Waals surface area contributed by atoms with Gasteiger partial charge in [-0.3, -0.25) is 0 Å². The summed E-state index contributed by atoms with van der Waals surface area (Å²) >= 11 is 0. The van der Waals surface area contributed by atoms with Gasteiger partial charge in [-0.2, -0.15) is 4.98 Å². The summed E-state index contributed by atoms with van der Waals surface area (Å²) in [5.41, 5.74) is 1.06. The van der Waals surface area contributed by atoms with Gasteiger partial charge in [-0.1, -0.05) is 30.3 Å². The van der Waals surface area contributed by atoms with Crippen LogP contribution in [0.15, 0.2) is 48.7 Å². The second-order valence-corrected chi connectivity index (χ2v) is 5.38. The Hall–Kier alpha value is -3.35. The van der Waals surface area contributed by atoms with Crippen LogP contribution in [0.3, 0.4) is 0 Å². The molecule has 3 rings (SSSR count). The summed E-state index contributed by atoms with van der Waals surface area (Å²) in [6, 6.07) is 13.5. The van der Waals surface area contributed by atoms with Gasteiger partial charge in [0.1, 0.15) is 5.69 Å². The third-order valence-electron chi connectivity index (χ3n) is 3.54. The average molecular weight is 352 g/mol. The Kier molecular flexibility index (Phi) is 5.48. The summed E-state index contributed by atoms with van der Waals surface area (Å²) in [6.45, 7) is 4.53. The Morgan fingerprint density at radius 3 is 2.54 bits per heavy atom. The van der Waals surface area contributed by atoms with Crippen molar-refractivity contribution in [2.45, 2.75) is 13.8 Å². The maximum absolute atomic E-state index is 12.3. The minimum atomic E-state index is -0.408. The topological polar surface area (TPSA) is 85.4 Å². The van der Waals surface area contributed by atoms with Gasteiger partial charge in [0.2, 0.25) is 5.88 Å². The van der Waals surface area contributed by atoms with Gasteiger partial charge in [0.25, 0.3) is 0 Å². The van der Waals surface area contributed by atoms with Gasteiger partial charge in [0, 0.05) is 5.69 Å². The number of rotatable bonds is 6. The number of aromatic nitrogens is 2. The highest BCUT2D eigenvalue weighted by Gasteiger charge is 2.12. The number of fused-ring (bicyclic) bond motifs is 1. The summed E-state index contributed by atoms with van der Waals surface area (Å²) in [5.74, 6) is 0.264. The lowest BCUT2D eigenvalue weighted by atomic mass is 10.1. The molecule has 26 heavy (non-hydrogen) atoms. The van der Waals surface area contributed by atoms with E-state index in [-0.39, 0.29) is 11.9 Å². The van der Waals surface area contributed by atoms with E-state index in [1.165, 1.54) is 6.20 Å². The third kappa shape index (κ3) is 4.18. The molecule has 134 valence electrons. The summed E-state index contributed by atoms with van der Waals surface area (Å²) in [4.78, 5) is 20.5. The van der Waals surface area contributed by atoms with E-state index < -0.39 is 6.03 Å². The van der Waals surface area contributed by atoms with Crippen molar-refractivity contribution >= 4 is 28.2 Å². The predicted molar refractivity (Wildman–Crippen MR) is 101 cm³/mol. The molecule has 0 bridgehead atoms. The van der Waals surface area contributed by atoms with E-state index in [1.807, 2.05) is 56.3 Å². The maximum Gasteiger partial charge on any atom is 0.323 e. The van der Waals surface area contributed by atoms with Crippen LogP contribution in [-0.4, -0.2) is 29.2 Å². The number of carbonyl (C=O) groups excluding carboxylic acids is 1. The lowest BCUT2D eigenvalue weighted by molar-refractivity contribution is 0.261. The first-order chi connectivity index (χ1) is 12.7. The first-order valence-corrected chi connectivity index (χ1v) is 8.39. The van der Waals surface area contributed by atoms with Crippen LogP contribution in [0.4, 0.5) is 16.2 Å². The van der Waals surface area contributed by atoms with Crippen LogP contribution in [-0.2, 0) is 0 Å². The van der Waals surface area contributed by atoms with Gasteiger partial charge < -0.3 is 20.1 Å². The second kappa shape index (κ2) is 8.15. The molecular weight excluding hydrogens is 332 g/mol. The van der Waals surface area contributed by atoms with Crippen LogP contribution in [0.2, 0.25) is 0 Å². The normalized spacial score (nSPS) is 10.4. The molecule has 0 unspecified atom stereocenters. The molecule has 3 aromatic rings. The van der Waals surface area contributed by atoms with Gasteiger partial charge >= 0.3 is 12.0 Å². The van der Waals surface area contributed by atoms with Gasteiger partial charge in [-0.05, 0) is 36.8 Å². The highest BCUT2D eigenvalue weighted by molar-refractivity contribution is 6.01. The first-order valence-electron chi connectivity index (χ1n) is 8.39. The largest absolute Gasteiger partial charge is 0.476 e. The number of hydrogen-bond donors (Lipinski definition) is 2. The van der Waals surface area contributed by atoms with Crippen molar-refractivity contribution in [1.82, 2.24) is 9.97 Å². The molecule has 2 aromatic carbocycles. The zero-order valence-electron chi connectivity index (χ0n) is 14.7. The molecule has 0 radical (unpaired) electrons. The molecule has 0 aliphatic heterocycles. The third-order valence-corrected chi connectivity index (χ3v) is 3.54. The molecule has 7 heteroatoms. The molecule has 0 aliphatic rings. The van der Waals surface area contributed by atoms with Crippen molar-refractivity contribution in [2.75, 3.05) is 23.8 Å². The Bertz CT molecular complexity index is 914. The molecule has 0 spiro atoms. The molecule has 1 heterocycles. The number of anilines is 2. The standard InChI is InChI=1S/C19H20N4O3/c1-3-25-17-16(12-20-19(23-17)26-4-2)22-18(24)21-15-10-9-13-7-5-6-8-14(13)11-15/h5-12H,3-4H2,1-2H3,(H2,21,22,24). The second-order valence-electron chi connectivity index (χ2n) is 5.38. The summed E-state index contributed by atoms with van der Waals surface area (Å²) < 4.78 is 10.7. The van der Waals surface area contributed by atoms with Crippen LogP contribution in [0.25, 0.3) is 10.8 Å². The van der Waals surface area contributed by atoms with Gasteiger partial charge in [-0.15, -0.1) is 0 Å². The first kappa shape index (κ1) is 17.5. The minimum Gasteiger partial charge on any atom is -0.476 e. The molecule has 0 saturated carbocycles. The van der Waals surface area contributed by atoms with Crippen LogP contribution in [0.1, 0.15) is 13.8 Å². The van der Waals surface area contributed by atoms with Gasteiger partial charge in [0.05, 0.1) is 19.4 Å². The molecular formula is C19H20N4O3. The smallest absolute Gasteiger partial charge is 0.323 e. The lowest BCUT2D eigenvalue weighted by Crippen LogP contribution is -2.20. The molecule has 2 N–H and O–H groups in total. The molecule has 0 aliphatic carbocycles. The fraction of sp³-hybridized carbons (Fsp3) is 0.211. The van der Waals surface area contributed by atoms with Crippen molar-refractivity contribution in [2.24, 2.45) is 0 Å². The van der Waals surface area contributed by atoms with E-state index in [0.717, 1.165) is 10.8 Å². The molecule has 1 aromatic heterocycles. The number of nitrogens with one attached hydrogen (secondary N) is 2. The van der Waals surface area contributed by atoms with Crippen LogP contribution in [0, 0.1) is 0 Å². The highest BCUT2D eigenvalue weighted by atomic mass is 16.5. The Morgan fingerprint density at radius 2 is 1.77 bits per heavy atom. The lowest BCUT2D eigenvalue weighted by Gasteiger charge is -2.12. The summed E-state index contributed by atoms with van der Waals surface area (Å²) in [5, 5.41) is 7.66. The average Bonchev–Trinajstić information content (AvgIpc) is 2.64. The van der Waals surface area contributed by atoms with E-state index >= 15 is 0 Å². The summed E-state index contributed by atoms with van der Waals surface area (Å²) in [7, 11) is 0. The van der Waals surface area contributed by atoms with Gasteiger partial charge in [0.15, 0.2) is 0 Å². The van der Waals surface area contributed by atoms with E-state index in [0.29, 0.717) is 24.6 Å². The number of carbonyl (C=O) groups is 1. The van der Waals surface area contributed by atoms with Crippen molar-refractivity contribution in [3.63, 3.8) is 0 Å². The van der Waals surface area contributed by atoms with Crippen LogP contribution >= 0.6 is 0 Å². The Balaban J connectivity index is 1.74. The zero-order valence-corrected chi connectivity index (χ0v) is 14.7. The molecule has 0 saturated heterocycles. The highest BCUT2D eigenvalue weighted by Crippen LogP contribution is 2.24. The van der Waals surface area contributed by atoms with E-state index in [9.17, 15) is 4.79 Å². The number of hydrogen-bond acceptors (Lipinski definition) is 5. The fourth-order valence-corrected chi connectivity index (χ4v) is 2.43. The minimum absolute atomic E-state index is 0.205. The van der Waals surface area contributed by atoms with Crippen LogP contribution in [0.5, 0.6) is 11.9 Å². The predicted octanol–water partition coefficient (Wildman–Crippen LogP) is 4.07. The Morgan fingerprint density at radius 1 is 1.00 bits per heavy atom. The molecule has 2 amide bonds. The Labute approximate surface area is 151 Å². The van der Waals surface area contributed by atoms with Crippen molar-refractivity contribution < 1.29 is 14.3 Å². The number of benzene rings is 2. The molecule has 7 nitrogen and oxygen atoms in total.